The molecule has 33 heavy (non-hydrogen) atoms. The molecule has 3 rings (SSSR count). The molecule has 1 aromatic carbocycles. The Bertz CT molecular complexity index is 1070. The number of carbonyl (C=O) groups is 1. The molecule has 0 spiro atoms. The van der Waals surface area contributed by atoms with E-state index in [4.69, 9.17) is 14.2 Å². The van der Waals surface area contributed by atoms with Gasteiger partial charge in [-0.2, -0.15) is 5.10 Å². The van der Waals surface area contributed by atoms with Crippen LogP contribution in [0.4, 0.5) is 5.82 Å². The van der Waals surface area contributed by atoms with Crippen molar-refractivity contribution in [3.8, 4) is 11.5 Å². The first-order valence-electron chi connectivity index (χ1n) is 10.7. The molecule has 0 atom stereocenters. The van der Waals surface area contributed by atoms with Crippen molar-refractivity contribution in [2.75, 3.05) is 52.1 Å². The van der Waals surface area contributed by atoms with Gasteiger partial charge in [-0.3, -0.25) is 4.79 Å². The summed E-state index contributed by atoms with van der Waals surface area (Å²) < 4.78 is 17.7. The zero-order valence-corrected chi connectivity index (χ0v) is 20.2. The quantitative estimate of drug-likeness (QED) is 0.219. The van der Waals surface area contributed by atoms with Gasteiger partial charge in [0.2, 0.25) is 5.91 Å². The second-order valence-electron chi connectivity index (χ2n) is 7.00. The lowest BCUT2D eigenvalue weighted by atomic mass is 10.1. The highest BCUT2D eigenvalue weighted by molar-refractivity contribution is 7.98. The number of hydrogen-bond donors (Lipinski definition) is 2. The number of hydrogen-bond acceptors (Lipinski definition) is 9. The van der Waals surface area contributed by atoms with Crippen molar-refractivity contribution >= 4 is 34.5 Å². The van der Waals surface area contributed by atoms with Crippen molar-refractivity contribution in [3.05, 3.63) is 30.0 Å². The first kappa shape index (κ1) is 24.6. The highest BCUT2D eigenvalue weighted by atomic mass is 32.2. The third-order valence-electron chi connectivity index (χ3n) is 4.86. The maximum absolute atomic E-state index is 12.4. The number of benzene rings is 1. The summed E-state index contributed by atoms with van der Waals surface area (Å²) in [6, 6.07) is 5.45. The van der Waals surface area contributed by atoms with Crippen LogP contribution >= 0.6 is 11.8 Å². The monoisotopic (exact) mass is 474 g/mol. The molecule has 0 bridgehead atoms. The number of anilines is 1. The van der Waals surface area contributed by atoms with Gasteiger partial charge in [0.15, 0.2) is 22.3 Å². The number of ether oxygens (including phenoxy) is 3. The molecule has 10 nitrogen and oxygen atoms in total. The predicted octanol–water partition coefficient (Wildman–Crippen LogP) is 2.37. The summed E-state index contributed by atoms with van der Waals surface area (Å²) in [6.07, 6.45) is 3.92. The first-order valence-corrected chi connectivity index (χ1v) is 11.9. The Morgan fingerprint density at radius 1 is 1.15 bits per heavy atom. The molecule has 3 aromatic rings. The van der Waals surface area contributed by atoms with Crippen molar-refractivity contribution in [3.63, 3.8) is 0 Å². The van der Waals surface area contributed by atoms with Crippen LogP contribution in [0.25, 0.3) is 11.0 Å². The minimum Gasteiger partial charge on any atom is -0.493 e. The smallest absolute Gasteiger partial charge is 0.224 e. The lowest BCUT2D eigenvalue weighted by Crippen LogP contribution is -2.29. The van der Waals surface area contributed by atoms with Gasteiger partial charge in [0.05, 0.1) is 45.4 Å². The molecule has 2 aromatic heterocycles. The van der Waals surface area contributed by atoms with Gasteiger partial charge in [0, 0.05) is 19.7 Å². The number of carbonyl (C=O) groups excluding carboxylic acids is 1. The average molecular weight is 475 g/mol. The van der Waals surface area contributed by atoms with Crippen LogP contribution in [0, 0.1) is 0 Å². The number of nitrogens with one attached hydrogen (secondary N) is 2. The van der Waals surface area contributed by atoms with Gasteiger partial charge in [-0.15, -0.1) is 0 Å². The van der Waals surface area contributed by atoms with Crippen molar-refractivity contribution in [2.24, 2.45) is 0 Å². The number of thioether (sulfide) groups is 1. The topological polar surface area (TPSA) is 112 Å². The van der Waals surface area contributed by atoms with Gasteiger partial charge in [-0.1, -0.05) is 17.8 Å². The summed E-state index contributed by atoms with van der Waals surface area (Å²) in [7, 11) is 3.15. The van der Waals surface area contributed by atoms with Gasteiger partial charge >= 0.3 is 0 Å². The minimum absolute atomic E-state index is 0.0867. The normalized spacial score (nSPS) is 10.9. The van der Waals surface area contributed by atoms with Crippen LogP contribution in [0.3, 0.4) is 0 Å². The van der Waals surface area contributed by atoms with E-state index >= 15 is 0 Å². The molecule has 11 heteroatoms. The lowest BCUT2D eigenvalue weighted by Gasteiger charge is -2.10. The second kappa shape index (κ2) is 12.3. The average Bonchev–Trinajstić information content (AvgIpc) is 3.24. The fourth-order valence-corrected chi connectivity index (χ4v) is 3.61. The summed E-state index contributed by atoms with van der Waals surface area (Å²) in [6.45, 7) is 4.79. The van der Waals surface area contributed by atoms with E-state index in [9.17, 15) is 4.79 Å². The molecule has 2 heterocycles. The summed E-state index contributed by atoms with van der Waals surface area (Å²) in [4.78, 5) is 21.6. The molecule has 0 fully saturated rings. The molecular formula is C22H30N6O4S. The number of fused-ring (bicyclic) bond motifs is 1. The van der Waals surface area contributed by atoms with Crippen molar-refractivity contribution < 1.29 is 19.0 Å². The molecule has 0 aliphatic heterocycles. The molecule has 178 valence electrons. The van der Waals surface area contributed by atoms with Crippen LogP contribution < -0.4 is 20.1 Å². The summed E-state index contributed by atoms with van der Waals surface area (Å²) in [5.41, 5.74) is 1.57. The van der Waals surface area contributed by atoms with Crippen LogP contribution in [0.5, 0.6) is 11.5 Å². The van der Waals surface area contributed by atoms with E-state index < -0.39 is 0 Å². The maximum Gasteiger partial charge on any atom is 0.224 e. The number of aromatic nitrogens is 4. The Labute approximate surface area is 197 Å². The second-order valence-corrected chi connectivity index (χ2v) is 7.78. The zero-order valence-electron chi connectivity index (χ0n) is 19.4. The van der Waals surface area contributed by atoms with Crippen molar-refractivity contribution in [1.29, 1.82) is 0 Å². The maximum atomic E-state index is 12.4. The molecule has 0 aliphatic rings. The van der Waals surface area contributed by atoms with Crippen LogP contribution in [0.2, 0.25) is 0 Å². The van der Waals surface area contributed by atoms with Crippen LogP contribution in [-0.2, 0) is 22.5 Å². The molecule has 1 amide bonds. The van der Waals surface area contributed by atoms with Gasteiger partial charge < -0.3 is 24.8 Å². The molecule has 0 saturated heterocycles. The first-order chi connectivity index (χ1) is 16.1. The van der Waals surface area contributed by atoms with E-state index in [2.05, 4.69) is 25.7 Å². The SMILES string of the molecule is CCOCCNc1nc(SC)nc2c1cnn2CCNC(=O)Cc1ccc(OC)c(OC)c1. The highest BCUT2D eigenvalue weighted by Gasteiger charge is 2.13. The third kappa shape index (κ3) is 6.48. The van der Waals surface area contributed by atoms with Crippen molar-refractivity contribution in [1.82, 2.24) is 25.1 Å². The molecule has 0 unspecified atom stereocenters. The molecule has 2 N–H and O–H groups in total. The van der Waals surface area contributed by atoms with E-state index in [-0.39, 0.29) is 12.3 Å². The van der Waals surface area contributed by atoms with Gasteiger partial charge in [-0.05, 0) is 30.9 Å². The van der Waals surface area contributed by atoms with E-state index in [1.54, 1.807) is 37.2 Å². The van der Waals surface area contributed by atoms with E-state index in [1.165, 1.54) is 11.8 Å². The molecule has 0 aliphatic carbocycles. The van der Waals surface area contributed by atoms with E-state index in [1.807, 2.05) is 19.2 Å². The highest BCUT2D eigenvalue weighted by Crippen LogP contribution is 2.27. The Morgan fingerprint density at radius 3 is 2.70 bits per heavy atom. The zero-order chi connectivity index (χ0) is 23.6. The standard InChI is InChI=1S/C22H30N6O4S/c1-5-32-11-9-24-20-16-14-25-28(21(16)27-22(26-20)33-4)10-8-23-19(29)13-15-6-7-17(30-2)18(12-15)31-3/h6-7,12,14H,5,8-11,13H2,1-4H3,(H,23,29)(H,24,26,27). The van der Waals surface area contributed by atoms with E-state index in [0.717, 1.165) is 22.4 Å². The number of amides is 1. The molecule has 0 saturated carbocycles. The van der Waals surface area contributed by atoms with Gasteiger partial charge in [0.25, 0.3) is 0 Å². The number of nitrogens with zero attached hydrogens (tertiary/aromatic N) is 4. The number of methoxy groups -OCH3 is 2. The van der Waals surface area contributed by atoms with Gasteiger partial charge in [0.1, 0.15) is 5.82 Å². The van der Waals surface area contributed by atoms with Crippen LogP contribution in [0.15, 0.2) is 29.6 Å². The van der Waals surface area contributed by atoms with Crippen molar-refractivity contribution in [2.45, 2.75) is 25.0 Å². The Morgan fingerprint density at radius 2 is 1.97 bits per heavy atom. The fourth-order valence-electron chi connectivity index (χ4n) is 3.25. The number of rotatable bonds is 13. The van der Waals surface area contributed by atoms with E-state index in [0.29, 0.717) is 49.5 Å². The summed E-state index contributed by atoms with van der Waals surface area (Å²) in [5.74, 6) is 1.87. The lowest BCUT2D eigenvalue weighted by molar-refractivity contribution is -0.120. The molecule has 0 radical (unpaired) electrons. The minimum atomic E-state index is -0.0867. The largest absolute Gasteiger partial charge is 0.493 e. The molecular weight excluding hydrogens is 444 g/mol. The fraction of sp³-hybridized carbons (Fsp3) is 0.455. The summed E-state index contributed by atoms with van der Waals surface area (Å²) >= 11 is 1.47. The van der Waals surface area contributed by atoms with Crippen LogP contribution in [-0.4, -0.2) is 72.4 Å². The summed E-state index contributed by atoms with van der Waals surface area (Å²) in [5, 5.41) is 12.2. The van der Waals surface area contributed by atoms with Gasteiger partial charge in [-0.25, -0.2) is 14.6 Å². The Balaban J connectivity index is 1.61. The Hall–Kier alpha value is -3.05. The Kier molecular flexibility index (Phi) is 9.14. The van der Waals surface area contributed by atoms with Crippen LogP contribution in [0.1, 0.15) is 12.5 Å². The predicted molar refractivity (Wildman–Crippen MR) is 128 cm³/mol. The third-order valence-corrected chi connectivity index (χ3v) is 5.41.